The second-order valence-electron chi connectivity index (χ2n) is 4.05. The third-order valence-corrected chi connectivity index (χ3v) is 2.47. The van der Waals surface area contributed by atoms with E-state index >= 15 is 0 Å². The van der Waals surface area contributed by atoms with E-state index in [1.165, 1.54) is 0 Å². The molecule has 0 aromatic rings. The van der Waals surface area contributed by atoms with Crippen molar-refractivity contribution in [3.63, 3.8) is 0 Å². The fraction of sp³-hybridized carbons (Fsp3) is 0.667. The number of aliphatic hydroxyl groups is 1. The first-order chi connectivity index (χ1) is 6.79. The highest BCUT2D eigenvalue weighted by Crippen LogP contribution is 2.21. The van der Waals surface area contributed by atoms with E-state index in [4.69, 9.17) is 5.73 Å². The molecule has 1 heterocycles. The van der Waals surface area contributed by atoms with E-state index < -0.39 is 35.7 Å². The number of hydrogen-bond donors (Lipinski definition) is 3. The van der Waals surface area contributed by atoms with Crippen LogP contribution in [0.2, 0.25) is 0 Å². The minimum atomic E-state index is -2.28. The molecule has 1 rings (SSSR count). The van der Waals surface area contributed by atoms with Gasteiger partial charge in [0.1, 0.15) is 0 Å². The van der Waals surface area contributed by atoms with Crippen LogP contribution in [0.4, 0.5) is 0 Å². The highest BCUT2D eigenvalue weighted by molar-refractivity contribution is 6.21. The molecule has 1 fully saturated rings. The first-order valence-corrected chi connectivity index (χ1v) is 4.65. The number of amides is 2. The van der Waals surface area contributed by atoms with Crippen LogP contribution < -0.4 is 11.1 Å². The molecule has 2 amide bonds. The predicted molar refractivity (Wildman–Crippen MR) is 50.5 cm³/mol. The molecule has 6 nitrogen and oxygen atoms in total. The summed E-state index contributed by atoms with van der Waals surface area (Å²) in [6.45, 7) is 3.39. The van der Waals surface area contributed by atoms with Gasteiger partial charge in [0.25, 0.3) is 5.91 Å². The van der Waals surface area contributed by atoms with E-state index in [1.807, 2.05) is 5.32 Å². The molecule has 1 aliphatic heterocycles. The fourth-order valence-corrected chi connectivity index (χ4v) is 1.36. The Bertz CT molecular complexity index is 326. The van der Waals surface area contributed by atoms with Crippen LogP contribution >= 0.6 is 0 Å². The average Bonchev–Trinajstić information content (AvgIpc) is 2.39. The monoisotopic (exact) mass is 214 g/mol. The number of rotatable bonds is 3. The van der Waals surface area contributed by atoms with Crippen molar-refractivity contribution in [2.45, 2.75) is 31.9 Å². The van der Waals surface area contributed by atoms with Gasteiger partial charge in [0.2, 0.25) is 11.5 Å². The Kier molecular flexibility index (Phi) is 2.92. The lowest BCUT2D eigenvalue weighted by atomic mass is 9.87. The van der Waals surface area contributed by atoms with Gasteiger partial charge in [-0.05, 0) is 5.92 Å². The Balaban J connectivity index is 2.92. The lowest BCUT2D eigenvalue weighted by Gasteiger charge is -2.23. The molecule has 0 aromatic carbocycles. The number of carbonyl (C=O) groups excluding carboxylic acids is 3. The summed E-state index contributed by atoms with van der Waals surface area (Å²) >= 11 is 0. The normalized spacial score (nSPS) is 28.1. The molecule has 2 unspecified atom stereocenters. The quantitative estimate of drug-likeness (QED) is 0.384. The van der Waals surface area contributed by atoms with Gasteiger partial charge in [-0.2, -0.15) is 0 Å². The van der Waals surface area contributed by atoms with Gasteiger partial charge in [-0.25, -0.2) is 0 Å². The molecule has 0 radical (unpaired) electrons. The van der Waals surface area contributed by atoms with E-state index in [1.54, 1.807) is 13.8 Å². The van der Waals surface area contributed by atoms with Gasteiger partial charge in [0.15, 0.2) is 5.78 Å². The van der Waals surface area contributed by atoms with Gasteiger partial charge in [0.05, 0.1) is 12.5 Å². The van der Waals surface area contributed by atoms with Crippen LogP contribution in [0.5, 0.6) is 0 Å². The lowest BCUT2D eigenvalue weighted by Crippen LogP contribution is -2.54. The third-order valence-electron chi connectivity index (χ3n) is 2.47. The van der Waals surface area contributed by atoms with Gasteiger partial charge in [-0.1, -0.05) is 13.8 Å². The number of hydrogen-bond acceptors (Lipinski definition) is 5. The summed E-state index contributed by atoms with van der Waals surface area (Å²) in [6.07, 6.45) is -0.537. The Morgan fingerprint density at radius 3 is 2.40 bits per heavy atom. The standard InChI is InChI=1S/C9H14N2O4/c1-4(2)6(10)7(13)9(15)3-5(12)11-8(9)14/h4,6,15H,3,10H2,1-2H3,(H,11,12,14). The number of nitrogens with two attached hydrogens (primary N) is 1. The van der Waals surface area contributed by atoms with Crippen molar-refractivity contribution in [2.24, 2.45) is 11.7 Å². The van der Waals surface area contributed by atoms with Crippen molar-refractivity contribution in [1.29, 1.82) is 0 Å². The van der Waals surface area contributed by atoms with E-state index in [0.717, 1.165) is 0 Å². The summed E-state index contributed by atoms with van der Waals surface area (Å²) in [6, 6.07) is -0.952. The Morgan fingerprint density at radius 1 is 1.53 bits per heavy atom. The zero-order valence-corrected chi connectivity index (χ0v) is 8.61. The van der Waals surface area contributed by atoms with Gasteiger partial charge >= 0.3 is 0 Å². The number of Topliss-reactive ketones (excluding diaryl/α,β-unsaturated/α-hetero) is 1. The molecule has 84 valence electrons. The first-order valence-electron chi connectivity index (χ1n) is 4.65. The van der Waals surface area contributed by atoms with Crippen LogP contribution in [-0.4, -0.2) is 34.3 Å². The minimum absolute atomic E-state index is 0.204. The topological polar surface area (TPSA) is 109 Å². The van der Waals surface area contributed by atoms with E-state index in [-0.39, 0.29) is 5.92 Å². The van der Waals surface area contributed by atoms with Crippen molar-refractivity contribution in [3.8, 4) is 0 Å². The number of imide groups is 1. The molecular formula is C9H14N2O4. The average molecular weight is 214 g/mol. The van der Waals surface area contributed by atoms with Crippen molar-refractivity contribution in [1.82, 2.24) is 5.32 Å². The Labute approximate surface area is 86.8 Å². The summed E-state index contributed by atoms with van der Waals surface area (Å²) in [5.74, 6) is -2.65. The highest BCUT2D eigenvalue weighted by Gasteiger charge is 2.52. The van der Waals surface area contributed by atoms with Crippen LogP contribution in [0, 0.1) is 5.92 Å². The molecule has 0 aliphatic carbocycles. The van der Waals surface area contributed by atoms with Crippen LogP contribution in [0.1, 0.15) is 20.3 Å². The second kappa shape index (κ2) is 3.71. The Hall–Kier alpha value is -1.27. The van der Waals surface area contributed by atoms with Crippen LogP contribution in [-0.2, 0) is 14.4 Å². The van der Waals surface area contributed by atoms with Crippen LogP contribution in [0.25, 0.3) is 0 Å². The second-order valence-corrected chi connectivity index (χ2v) is 4.05. The maximum Gasteiger partial charge on any atom is 0.266 e. The predicted octanol–water partition coefficient (Wildman–Crippen LogP) is -1.68. The molecule has 0 spiro atoms. The molecule has 1 saturated heterocycles. The van der Waals surface area contributed by atoms with Crippen molar-refractivity contribution < 1.29 is 19.5 Å². The smallest absolute Gasteiger partial charge is 0.266 e. The molecule has 2 atom stereocenters. The summed E-state index contributed by atoms with van der Waals surface area (Å²) in [5, 5.41) is 11.6. The summed E-state index contributed by atoms with van der Waals surface area (Å²) < 4.78 is 0. The minimum Gasteiger partial charge on any atom is -0.373 e. The van der Waals surface area contributed by atoms with Crippen LogP contribution in [0.3, 0.4) is 0 Å². The zero-order valence-electron chi connectivity index (χ0n) is 8.61. The largest absolute Gasteiger partial charge is 0.373 e. The third kappa shape index (κ3) is 1.91. The summed E-state index contributed by atoms with van der Waals surface area (Å²) in [5.41, 5.74) is 3.25. The van der Waals surface area contributed by atoms with Gasteiger partial charge in [0, 0.05) is 0 Å². The summed E-state index contributed by atoms with van der Waals surface area (Å²) in [4.78, 5) is 33.8. The maximum absolute atomic E-state index is 11.7. The van der Waals surface area contributed by atoms with Gasteiger partial charge in [-0.15, -0.1) is 0 Å². The molecule has 1 aliphatic rings. The molecule has 4 N–H and O–H groups in total. The molecule has 6 heteroatoms. The van der Waals surface area contributed by atoms with Crippen molar-refractivity contribution >= 4 is 17.6 Å². The zero-order chi connectivity index (χ0) is 11.8. The molecule has 15 heavy (non-hydrogen) atoms. The Morgan fingerprint density at radius 2 is 2.07 bits per heavy atom. The first kappa shape index (κ1) is 11.8. The maximum atomic E-state index is 11.7. The fourth-order valence-electron chi connectivity index (χ4n) is 1.36. The van der Waals surface area contributed by atoms with Crippen molar-refractivity contribution in [3.05, 3.63) is 0 Å². The van der Waals surface area contributed by atoms with Crippen molar-refractivity contribution in [2.75, 3.05) is 0 Å². The molecule has 0 bridgehead atoms. The summed E-state index contributed by atoms with van der Waals surface area (Å²) in [7, 11) is 0. The van der Waals surface area contributed by atoms with E-state index in [9.17, 15) is 19.5 Å². The molecule has 0 saturated carbocycles. The number of carbonyl (C=O) groups is 3. The SMILES string of the molecule is CC(C)C(N)C(=O)C1(O)CC(=O)NC1=O. The van der Waals surface area contributed by atoms with Crippen LogP contribution in [0.15, 0.2) is 0 Å². The van der Waals surface area contributed by atoms with Gasteiger partial charge < -0.3 is 10.8 Å². The number of ketones is 1. The lowest BCUT2D eigenvalue weighted by molar-refractivity contribution is -0.150. The molecule has 0 aromatic heterocycles. The highest BCUT2D eigenvalue weighted by atomic mass is 16.3. The van der Waals surface area contributed by atoms with E-state index in [2.05, 4.69) is 0 Å². The van der Waals surface area contributed by atoms with E-state index in [0.29, 0.717) is 0 Å². The number of nitrogens with one attached hydrogen (secondary N) is 1. The van der Waals surface area contributed by atoms with Gasteiger partial charge in [-0.3, -0.25) is 19.7 Å². The molecular weight excluding hydrogens is 200 g/mol.